The number of carbonyl (C=O) groups excluding carboxylic acids is 1. The Labute approximate surface area is 129 Å². The van der Waals surface area contributed by atoms with E-state index in [-0.39, 0.29) is 5.92 Å². The van der Waals surface area contributed by atoms with Crippen molar-refractivity contribution in [2.45, 2.75) is 59.1 Å². The molecule has 0 heterocycles. The maximum atomic E-state index is 12.2. The van der Waals surface area contributed by atoms with Crippen LogP contribution in [0.3, 0.4) is 0 Å². The van der Waals surface area contributed by atoms with Crippen LogP contribution in [0.5, 0.6) is 0 Å². The molecule has 0 aliphatic carbocycles. The van der Waals surface area contributed by atoms with Crippen LogP contribution in [0, 0.1) is 5.92 Å². The molecule has 0 radical (unpaired) electrons. The van der Waals surface area contributed by atoms with Gasteiger partial charge in [0, 0.05) is 11.9 Å². The molecule has 0 aromatic heterocycles. The van der Waals surface area contributed by atoms with Crippen LogP contribution in [0.4, 0.5) is 4.79 Å². The molecule has 0 aliphatic rings. The Morgan fingerprint density at radius 1 is 1.25 bits per heavy atom. The van der Waals surface area contributed by atoms with Crippen LogP contribution >= 0.6 is 15.9 Å². The predicted molar refractivity (Wildman–Crippen MR) is 82.2 cm³/mol. The van der Waals surface area contributed by atoms with Crippen molar-refractivity contribution < 1.29 is 19.4 Å². The van der Waals surface area contributed by atoms with E-state index in [4.69, 9.17) is 4.74 Å². The van der Waals surface area contributed by atoms with Gasteiger partial charge in [0.2, 0.25) is 0 Å². The molecular formula is C14H26BrNO4. The number of carbonyl (C=O) groups is 2. The molecule has 5 nitrogen and oxygen atoms in total. The Kier molecular flexibility index (Phi) is 8.16. The van der Waals surface area contributed by atoms with Crippen molar-refractivity contribution in [3.05, 3.63) is 0 Å². The molecule has 0 fully saturated rings. The van der Waals surface area contributed by atoms with Crippen LogP contribution in [0.25, 0.3) is 0 Å². The fraction of sp³-hybridized carbons (Fsp3) is 0.857. The summed E-state index contributed by atoms with van der Waals surface area (Å²) in [4.78, 5) is 25.0. The quantitative estimate of drug-likeness (QED) is 0.562. The number of hydrogen-bond acceptors (Lipinski definition) is 3. The SMILES string of the molecule is CC(C)[C@@H](C(=O)O)N(CCCCBr)C(=O)OC(C)(C)C. The molecule has 0 saturated carbocycles. The Morgan fingerprint density at radius 2 is 1.80 bits per heavy atom. The van der Waals surface area contributed by atoms with Gasteiger partial charge < -0.3 is 9.84 Å². The van der Waals surface area contributed by atoms with E-state index in [1.807, 2.05) is 0 Å². The average molecular weight is 352 g/mol. The summed E-state index contributed by atoms with van der Waals surface area (Å²) in [5.74, 6) is -1.17. The van der Waals surface area contributed by atoms with Crippen LogP contribution in [-0.4, -0.2) is 45.6 Å². The Morgan fingerprint density at radius 3 is 2.15 bits per heavy atom. The van der Waals surface area contributed by atoms with Crippen molar-refractivity contribution >= 4 is 28.0 Å². The number of carboxylic acids is 1. The van der Waals surface area contributed by atoms with E-state index in [2.05, 4.69) is 15.9 Å². The van der Waals surface area contributed by atoms with Gasteiger partial charge in [0.25, 0.3) is 0 Å². The largest absolute Gasteiger partial charge is 0.480 e. The molecule has 1 amide bonds. The number of unbranched alkanes of at least 4 members (excludes halogenated alkanes) is 1. The van der Waals surface area contributed by atoms with Crippen LogP contribution in [0.2, 0.25) is 0 Å². The van der Waals surface area contributed by atoms with Crippen molar-refractivity contribution in [1.29, 1.82) is 0 Å². The number of ether oxygens (including phenoxy) is 1. The summed E-state index contributed by atoms with van der Waals surface area (Å²) >= 11 is 3.33. The zero-order valence-corrected chi connectivity index (χ0v) is 14.6. The molecule has 6 heteroatoms. The molecular weight excluding hydrogens is 326 g/mol. The van der Waals surface area contributed by atoms with Gasteiger partial charge >= 0.3 is 12.1 Å². The van der Waals surface area contributed by atoms with Crippen molar-refractivity contribution in [2.75, 3.05) is 11.9 Å². The van der Waals surface area contributed by atoms with Gasteiger partial charge in [-0.1, -0.05) is 29.8 Å². The maximum Gasteiger partial charge on any atom is 0.411 e. The van der Waals surface area contributed by atoms with Gasteiger partial charge in [-0.05, 0) is 39.5 Å². The number of aliphatic carboxylic acids is 1. The number of hydrogen-bond donors (Lipinski definition) is 1. The lowest BCUT2D eigenvalue weighted by Crippen LogP contribution is -2.50. The fourth-order valence-corrected chi connectivity index (χ4v) is 2.22. The van der Waals surface area contributed by atoms with E-state index in [9.17, 15) is 14.7 Å². The lowest BCUT2D eigenvalue weighted by atomic mass is 10.0. The van der Waals surface area contributed by atoms with E-state index in [1.165, 1.54) is 4.90 Å². The maximum absolute atomic E-state index is 12.2. The second-order valence-corrected chi connectivity index (χ2v) is 6.89. The summed E-state index contributed by atoms with van der Waals surface area (Å²) in [5, 5.41) is 10.2. The predicted octanol–water partition coefficient (Wildman–Crippen LogP) is 3.51. The summed E-state index contributed by atoms with van der Waals surface area (Å²) in [6, 6.07) is -0.861. The normalized spacial score (nSPS) is 13.2. The van der Waals surface area contributed by atoms with Crippen LogP contribution in [0.15, 0.2) is 0 Å². The van der Waals surface area contributed by atoms with Crippen molar-refractivity contribution in [1.82, 2.24) is 4.90 Å². The highest BCUT2D eigenvalue weighted by Crippen LogP contribution is 2.17. The summed E-state index contributed by atoms with van der Waals surface area (Å²) < 4.78 is 5.32. The molecule has 20 heavy (non-hydrogen) atoms. The lowest BCUT2D eigenvalue weighted by Gasteiger charge is -2.33. The number of carboxylic acid groups (broad SMARTS) is 1. The molecule has 0 spiro atoms. The molecule has 118 valence electrons. The first kappa shape index (κ1) is 19.2. The molecule has 0 unspecified atom stereocenters. The van der Waals surface area contributed by atoms with Gasteiger partial charge in [-0.15, -0.1) is 0 Å². The van der Waals surface area contributed by atoms with Crippen molar-refractivity contribution in [3.63, 3.8) is 0 Å². The van der Waals surface area contributed by atoms with Crippen LogP contribution < -0.4 is 0 Å². The summed E-state index contributed by atoms with van der Waals surface area (Å²) in [6.07, 6.45) is 1.05. The van der Waals surface area contributed by atoms with Gasteiger partial charge in [-0.2, -0.15) is 0 Å². The second kappa shape index (κ2) is 8.49. The minimum atomic E-state index is -0.996. The third-order valence-corrected chi connectivity index (χ3v) is 3.19. The lowest BCUT2D eigenvalue weighted by molar-refractivity contribution is -0.145. The summed E-state index contributed by atoms with van der Waals surface area (Å²) in [7, 11) is 0. The van der Waals surface area contributed by atoms with Crippen molar-refractivity contribution in [3.8, 4) is 0 Å². The fourth-order valence-electron chi connectivity index (χ4n) is 1.82. The standard InChI is InChI=1S/C14H26BrNO4/c1-10(2)11(12(17)18)16(9-7-6-8-15)13(19)20-14(3,4)5/h10-11H,6-9H2,1-5H3,(H,17,18)/t11-/m0/s1. The monoisotopic (exact) mass is 351 g/mol. The first-order chi connectivity index (χ1) is 9.10. The van der Waals surface area contributed by atoms with Gasteiger partial charge in [0.15, 0.2) is 0 Å². The number of rotatable bonds is 7. The third kappa shape index (κ3) is 7.12. The highest BCUT2D eigenvalue weighted by Gasteiger charge is 2.34. The number of alkyl halides is 1. The topological polar surface area (TPSA) is 66.8 Å². The zero-order chi connectivity index (χ0) is 15.9. The van der Waals surface area contributed by atoms with Crippen LogP contribution in [0.1, 0.15) is 47.5 Å². The molecule has 0 bridgehead atoms. The van der Waals surface area contributed by atoms with E-state index < -0.39 is 23.7 Å². The molecule has 0 aromatic carbocycles. The first-order valence-corrected chi connectivity index (χ1v) is 8.00. The smallest absolute Gasteiger partial charge is 0.411 e. The Hall–Kier alpha value is -0.780. The zero-order valence-electron chi connectivity index (χ0n) is 13.0. The van der Waals surface area contributed by atoms with E-state index in [0.29, 0.717) is 6.54 Å². The average Bonchev–Trinajstić information content (AvgIpc) is 2.24. The molecule has 0 saturated heterocycles. The highest BCUT2D eigenvalue weighted by molar-refractivity contribution is 9.09. The Balaban J connectivity index is 5.04. The molecule has 1 atom stereocenters. The minimum absolute atomic E-state index is 0.177. The van der Waals surface area contributed by atoms with E-state index in [0.717, 1.165) is 18.2 Å². The molecule has 0 rings (SSSR count). The highest BCUT2D eigenvalue weighted by atomic mass is 79.9. The molecule has 0 aliphatic heterocycles. The minimum Gasteiger partial charge on any atom is -0.480 e. The van der Waals surface area contributed by atoms with Crippen molar-refractivity contribution in [2.24, 2.45) is 5.92 Å². The molecule has 1 N–H and O–H groups in total. The van der Waals surface area contributed by atoms with E-state index in [1.54, 1.807) is 34.6 Å². The van der Waals surface area contributed by atoms with Gasteiger partial charge in [0.1, 0.15) is 11.6 Å². The Bertz CT molecular complexity index is 326. The van der Waals surface area contributed by atoms with Gasteiger partial charge in [-0.3, -0.25) is 4.90 Å². The summed E-state index contributed by atoms with van der Waals surface area (Å²) in [5.41, 5.74) is -0.634. The number of halogens is 1. The van der Waals surface area contributed by atoms with Gasteiger partial charge in [-0.25, -0.2) is 9.59 Å². The van der Waals surface area contributed by atoms with Crippen LogP contribution in [-0.2, 0) is 9.53 Å². The number of amides is 1. The van der Waals surface area contributed by atoms with Gasteiger partial charge in [0.05, 0.1) is 0 Å². The molecule has 0 aromatic rings. The first-order valence-electron chi connectivity index (χ1n) is 6.88. The second-order valence-electron chi connectivity index (χ2n) is 6.10. The number of nitrogens with zero attached hydrogens (tertiary/aromatic N) is 1. The third-order valence-electron chi connectivity index (χ3n) is 2.63. The summed E-state index contributed by atoms with van der Waals surface area (Å²) in [6.45, 7) is 9.28. The van der Waals surface area contributed by atoms with E-state index >= 15 is 0 Å².